The Morgan fingerprint density at radius 3 is 2.27 bits per heavy atom. The van der Waals surface area contributed by atoms with Crippen LogP contribution < -0.4 is 16.4 Å². The number of anilines is 2. The highest BCUT2D eigenvalue weighted by molar-refractivity contribution is 6.02. The average molecular weight is 404 g/mol. The molecule has 9 heteroatoms. The lowest BCUT2D eigenvalue weighted by molar-refractivity contribution is -0.117. The summed E-state index contributed by atoms with van der Waals surface area (Å²) in [4.78, 5) is 36.2. The molecule has 0 aliphatic carbocycles. The Balaban J connectivity index is 1.37. The summed E-state index contributed by atoms with van der Waals surface area (Å²) in [6.07, 6.45) is 1.41. The number of furan rings is 1. The van der Waals surface area contributed by atoms with Gasteiger partial charge in [-0.25, -0.2) is 4.79 Å². The van der Waals surface area contributed by atoms with E-state index < -0.39 is 11.7 Å². The molecule has 2 amide bonds. The first-order chi connectivity index (χ1) is 14.6. The van der Waals surface area contributed by atoms with E-state index in [2.05, 4.69) is 15.7 Å². The van der Waals surface area contributed by atoms with Crippen molar-refractivity contribution in [1.29, 1.82) is 0 Å². The van der Waals surface area contributed by atoms with Gasteiger partial charge in [0.05, 0.1) is 6.26 Å². The van der Waals surface area contributed by atoms with Gasteiger partial charge in [0.2, 0.25) is 11.8 Å². The molecule has 0 saturated heterocycles. The molecule has 0 aliphatic heterocycles. The van der Waals surface area contributed by atoms with Gasteiger partial charge in [0, 0.05) is 16.9 Å². The van der Waals surface area contributed by atoms with Crippen molar-refractivity contribution < 1.29 is 18.4 Å². The standard InChI is InChI=1S/C21H16N4O5/c26-18(13-25-21(28)30-20(24-25)14-5-2-1-3-6-14)22-15-8-10-16(11-9-15)23-19(27)17-7-4-12-29-17/h1-12H,13H2,(H,22,26)(H,23,27). The van der Waals surface area contributed by atoms with Gasteiger partial charge in [0.15, 0.2) is 5.76 Å². The number of benzene rings is 2. The Morgan fingerprint density at radius 2 is 1.60 bits per heavy atom. The van der Waals surface area contributed by atoms with Gasteiger partial charge in [-0.15, -0.1) is 5.10 Å². The minimum Gasteiger partial charge on any atom is -0.459 e. The van der Waals surface area contributed by atoms with E-state index in [1.165, 1.54) is 6.26 Å². The Bertz CT molecular complexity index is 1210. The summed E-state index contributed by atoms with van der Waals surface area (Å²) < 4.78 is 11.1. The number of carbonyl (C=O) groups is 2. The molecule has 0 fully saturated rings. The molecule has 0 aliphatic rings. The maximum atomic E-state index is 12.3. The molecule has 0 bridgehead atoms. The van der Waals surface area contributed by atoms with E-state index in [1.807, 2.05) is 6.07 Å². The summed E-state index contributed by atoms with van der Waals surface area (Å²) in [5.41, 5.74) is 1.67. The van der Waals surface area contributed by atoms with Crippen molar-refractivity contribution in [2.45, 2.75) is 6.54 Å². The molecule has 0 unspecified atom stereocenters. The van der Waals surface area contributed by atoms with Crippen LogP contribution in [0.3, 0.4) is 0 Å². The Morgan fingerprint density at radius 1 is 0.900 bits per heavy atom. The van der Waals surface area contributed by atoms with Gasteiger partial charge in [0.1, 0.15) is 6.54 Å². The molecular formula is C21H16N4O5. The lowest BCUT2D eigenvalue weighted by Gasteiger charge is -2.07. The lowest BCUT2D eigenvalue weighted by atomic mass is 10.2. The van der Waals surface area contributed by atoms with Crippen LogP contribution in [0.25, 0.3) is 11.5 Å². The van der Waals surface area contributed by atoms with E-state index in [1.54, 1.807) is 60.7 Å². The van der Waals surface area contributed by atoms with Crippen LogP contribution in [0.2, 0.25) is 0 Å². The summed E-state index contributed by atoms with van der Waals surface area (Å²) in [6, 6.07) is 18.6. The molecule has 2 heterocycles. The number of carbonyl (C=O) groups excluding carboxylic acids is 2. The molecule has 0 saturated carbocycles. The van der Waals surface area contributed by atoms with Crippen LogP contribution >= 0.6 is 0 Å². The Kier molecular flexibility index (Phi) is 5.25. The molecule has 2 aromatic heterocycles. The lowest BCUT2D eigenvalue weighted by Crippen LogP contribution is -2.25. The summed E-state index contributed by atoms with van der Waals surface area (Å²) in [5, 5.41) is 9.39. The van der Waals surface area contributed by atoms with Crippen molar-refractivity contribution in [3.63, 3.8) is 0 Å². The van der Waals surface area contributed by atoms with E-state index >= 15 is 0 Å². The molecule has 30 heavy (non-hydrogen) atoms. The van der Waals surface area contributed by atoms with Crippen molar-refractivity contribution in [2.24, 2.45) is 0 Å². The monoisotopic (exact) mass is 404 g/mol. The van der Waals surface area contributed by atoms with Crippen LogP contribution in [0.15, 0.2) is 86.6 Å². The minimum atomic E-state index is -0.722. The van der Waals surface area contributed by atoms with E-state index in [9.17, 15) is 14.4 Å². The number of aromatic nitrogens is 2. The predicted molar refractivity (Wildman–Crippen MR) is 108 cm³/mol. The molecule has 0 spiro atoms. The minimum absolute atomic E-state index is 0.144. The van der Waals surface area contributed by atoms with Gasteiger partial charge in [0.25, 0.3) is 5.91 Å². The third kappa shape index (κ3) is 4.36. The molecule has 2 N–H and O–H groups in total. The second-order valence-electron chi connectivity index (χ2n) is 6.25. The van der Waals surface area contributed by atoms with Crippen molar-refractivity contribution in [3.05, 3.63) is 89.3 Å². The van der Waals surface area contributed by atoms with Crippen molar-refractivity contribution >= 4 is 23.2 Å². The highest BCUT2D eigenvalue weighted by atomic mass is 16.4. The van der Waals surface area contributed by atoms with Crippen LogP contribution in [0.5, 0.6) is 0 Å². The molecule has 4 rings (SSSR count). The smallest absolute Gasteiger partial charge is 0.437 e. The molecule has 0 radical (unpaired) electrons. The Hall–Kier alpha value is -4.40. The van der Waals surface area contributed by atoms with Crippen LogP contribution in [-0.4, -0.2) is 21.6 Å². The van der Waals surface area contributed by atoms with E-state index in [4.69, 9.17) is 8.83 Å². The fourth-order valence-corrected chi connectivity index (χ4v) is 2.68. The van der Waals surface area contributed by atoms with Crippen LogP contribution in [0, 0.1) is 0 Å². The molecule has 2 aromatic carbocycles. The number of amides is 2. The highest BCUT2D eigenvalue weighted by Crippen LogP contribution is 2.16. The SMILES string of the molecule is O=C(Cn1nc(-c2ccccc2)oc1=O)Nc1ccc(NC(=O)c2ccco2)cc1. The quantitative estimate of drug-likeness (QED) is 0.510. The number of nitrogens with one attached hydrogen (secondary N) is 2. The van der Waals surface area contributed by atoms with Crippen LogP contribution in [0.4, 0.5) is 11.4 Å². The zero-order valence-corrected chi connectivity index (χ0v) is 15.6. The van der Waals surface area contributed by atoms with E-state index in [-0.39, 0.29) is 24.1 Å². The molecular weight excluding hydrogens is 388 g/mol. The fraction of sp³-hybridized carbons (Fsp3) is 0.0476. The fourth-order valence-electron chi connectivity index (χ4n) is 2.68. The van der Waals surface area contributed by atoms with Gasteiger partial charge in [-0.05, 0) is 48.5 Å². The normalized spacial score (nSPS) is 10.5. The maximum Gasteiger partial charge on any atom is 0.437 e. The number of nitrogens with zero attached hydrogens (tertiary/aromatic N) is 2. The zero-order valence-electron chi connectivity index (χ0n) is 15.6. The second-order valence-corrected chi connectivity index (χ2v) is 6.25. The topological polar surface area (TPSA) is 119 Å². The van der Waals surface area contributed by atoms with Gasteiger partial charge >= 0.3 is 5.76 Å². The molecule has 9 nitrogen and oxygen atoms in total. The largest absolute Gasteiger partial charge is 0.459 e. The van der Waals surface area contributed by atoms with E-state index in [0.717, 1.165) is 4.68 Å². The third-order valence-corrected chi connectivity index (χ3v) is 4.09. The first-order valence-electron chi connectivity index (χ1n) is 8.96. The average Bonchev–Trinajstić information content (AvgIpc) is 3.41. The molecule has 150 valence electrons. The second kappa shape index (κ2) is 8.31. The first-order valence-corrected chi connectivity index (χ1v) is 8.96. The highest BCUT2D eigenvalue weighted by Gasteiger charge is 2.13. The predicted octanol–water partition coefficient (Wildman–Crippen LogP) is 2.99. The van der Waals surface area contributed by atoms with Crippen molar-refractivity contribution in [1.82, 2.24) is 9.78 Å². The number of rotatable bonds is 6. The van der Waals surface area contributed by atoms with Gasteiger partial charge < -0.3 is 19.5 Å². The third-order valence-electron chi connectivity index (χ3n) is 4.09. The van der Waals surface area contributed by atoms with Gasteiger partial charge in [-0.3, -0.25) is 9.59 Å². The molecule has 0 atom stereocenters. The van der Waals surface area contributed by atoms with E-state index in [0.29, 0.717) is 16.9 Å². The summed E-state index contributed by atoms with van der Waals surface area (Å²) in [7, 11) is 0. The first kappa shape index (κ1) is 18.9. The summed E-state index contributed by atoms with van der Waals surface area (Å²) in [6.45, 7) is -0.299. The number of hydrogen-bond donors (Lipinski definition) is 2. The molecule has 4 aromatic rings. The Labute approximate surface area is 169 Å². The van der Waals surface area contributed by atoms with Gasteiger partial charge in [-0.2, -0.15) is 4.68 Å². The zero-order chi connectivity index (χ0) is 20.9. The van der Waals surface area contributed by atoms with Crippen LogP contribution in [0.1, 0.15) is 10.6 Å². The van der Waals surface area contributed by atoms with Crippen molar-refractivity contribution in [2.75, 3.05) is 10.6 Å². The summed E-state index contributed by atoms with van der Waals surface area (Å²) >= 11 is 0. The number of hydrogen-bond acceptors (Lipinski definition) is 6. The van der Waals surface area contributed by atoms with Crippen LogP contribution in [-0.2, 0) is 11.3 Å². The van der Waals surface area contributed by atoms with Crippen molar-refractivity contribution in [3.8, 4) is 11.5 Å². The maximum absolute atomic E-state index is 12.3. The van der Waals surface area contributed by atoms with Gasteiger partial charge in [-0.1, -0.05) is 18.2 Å². The summed E-state index contributed by atoms with van der Waals surface area (Å²) in [5.74, 6) is -1.21.